The smallest absolute Gasteiger partial charge is 0.369 e. The number of benzene rings is 2. The molecular weight excluding hydrogens is 424 g/mol. The van der Waals surface area contributed by atoms with E-state index in [-0.39, 0.29) is 12.3 Å². The quantitative estimate of drug-likeness (QED) is 0.513. The minimum Gasteiger partial charge on any atom is -0.369 e. The number of nitrogens with zero attached hydrogens (tertiary/aromatic N) is 1. The van der Waals surface area contributed by atoms with Crippen molar-refractivity contribution in [2.75, 3.05) is 11.4 Å². The van der Waals surface area contributed by atoms with E-state index in [0.29, 0.717) is 24.2 Å². The Morgan fingerprint density at radius 3 is 2.19 bits per heavy atom. The molecule has 1 heterocycles. The molecule has 1 aliphatic heterocycles. The van der Waals surface area contributed by atoms with Crippen LogP contribution in [0.15, 0.2) is 48.5 Å². The Balaban J connectivity index is 1.80. The van der Waals surface area contributed by atoms with Crippen molar-refractivity contribution in [1.29, 1.82) is 0 Å². The molecule has 0 unspecified atom stereocenters. The van der Waals surface area contributed by atoms with Crippen molar-refractivity contribution in [1.82, 2.24) is 0 Å². The summed E-state index contributed by atoms with van der Waals surface area (Å²) in [4.78, 5) is 13.0. The van der Waals surface area contributed by atoms with E-state index in [2.05, 4.69) is 0 Å². The van der Waals surface area contributed by atoms with Crippen LogP contribution in [0.4, 0.5) is 32.0 Å². The number of aliphatic hydroxyl groups is 1. The van der Waals surface area contributed by atoms with Crippen molar-refractivity contribution in [3.05, 3.63) is 70.8 Å². The molecule has 166 valence electrons. The molecular formula is C22H19F6NO2. The van der Waals surface area contributed by atoms with Gasteiger partial charge in [0.05, 0.1) is 0 Å². The van der Waals surface area contributed by atoms with Gasteiger partial charge in [-0.1, -0.05) is 36.4 Å². The van der Waals surface area contributed by atoms with Gasteiger partial charge in [-0.15, -0.1) is 0 Å². The van der Waals surface area contributed by atoms with Gasteiger partial charge in [0.2, 0.25) is 0 Å². The number of anilines is 1. The van der Waals surface area contributed by atoms with Crippen molar-refractivity contribution >= 4 is 17.5 Å². The Morgan fingerprint density at radius 1 is 1.03 bits per heavy atom. The maximum Gasteiger partial charge on any atom is 0.430 e. The van der Waals surface area contributed by atoms with E-state index < -0.39 is 23.5 Å². The van der Waals surface area contributed by atoms with E-state index in [9.17, 15) is 36.2 Å². The van der Waals surface area contributed by atoms with Crippen LogP contribution in [-0.4, -0.2) is 29.8 Å². The first-order valence-electron chi connectivity index (χ1n) is 9.34. The number of carbonyl (C=O) groups is 1. The molecule has 0 saturated heterocycles. The number of alkyl halides is 6. The first kappa shape index (κ1) is 22.9. The van der Waals surface area contributed by atoms with Crippen LogP contribution in [0.5, 0.6) is 0 Å². The van der Waals surface area contributed by atoms with Gasteiger partial charge in [-0.05, 0) is 48.2 Å². The van der Waals surface area contributed by atoms with Gasteiger partial charge < -0.3 is 10.0 Å². The second-order valence-electron chi connectivity index (χ2n) is 7.41. The normalized spacial score (nSPS) is 14.9. The molecule has 0 spiro atoms. The summed E-state index contributed by atoms with van der Waals surface area (Å²) >= 11 is 0. The highest BCUT2D eigenvalue weighted by atomic mass is 19.4. The van der Waals surface area contributed by atoms with E-state index in [0.717, 1.165) is 35.4 Å². The van der Waals surface area contributed by atoms with Gasteiger partial charge >= 0.3 is 12.4 Å². The molecule has 3 rings (SSSR count). The van der Waals surface area contributed by atoms with E-state index in [1.54, 1.807) is 6.08 Å². The number of hydrogen-bond acceptors (Lipinski definition) is 3. The predicted octanol–water partition coefficient (Wildman–Crippen LogP) is 5.16. The molecule has 0 amide bonds. The molecule has 0 atom stereocenters. The average Bonchev–Trinajstić information content (AvgIpc) is 3.06. The van der Waals surface area contributed by atoms with Crippen molar-refractivity contribution in [3.63, 3.8) is 0 Å². The van der Waals surface area contributed by atoms with Crippen LogP contribution in [0.25, 0.3) is 6.08 Å². The maximum absolute atomic E-state index is 13.0. The lowest BCUT2D eigenvalue weighted by atomic mass is 9.91. The zero-order valence-corrected chi connectivity index (χ0v) is 16.4. The molecule has 2 aromatic carbocycles. The third kappa shape index (κ3) is 4.46. The van der Waals surface area contributed by atoms with E-state index >= 15 is 0 Å². The molecule has 0 fully saturated rings. The number of carbonyl (C=O) groups excluding carboxylic acids is 1. The zero-order chi connectivity index (χ0) is 23.0. The topological polar surface area (TPSA) is 40.5 Å². The highest BCUT2D eigenvalue weighted by molar-refractivity contribution is 5.91. The second-order valence-corrected chi connectivity index (χ2v) is 7.41. The third-order valence-corrected chi connectivity index (χ3v) is 5.17. The summed E-state index contributed by atoms with van der Waals surface area (Å²) < 4.78 is 78.1. The predicted molar refractivity (Wildman–Crippen MR) is 103 cm³/mol. The van der Waals surface area contributed by atoms with Gasteiger partial charge in [-0.2, -0.15) is 26.3 Å². The van der Waals surface area contributed by atoms with Gasteiger partial charge in [0.15, 0.2) is 5.78 Å². The van der Waals surface area contributed by atoms with E-state index in [1.165, 1.54) is 13.0 Å². The molecule has 3 nitrogen and oxygen atoms in total. The lowest BCUT2D eigenvalue weighted by Crippen LogP contribution is -2.53. The number of halogens is 6. The largest absolute Gasteiger partial charge is 0.430 e. The van der Waals surface area contributed by atoms with Gasteiger partial charge in [0, 0.05) is 24.3 Å². The lowest BCUT2D eigenvalue weighted by Gasteiger charge is -2.32. The fourth-order valence-electron chi connectivity index (χ4n) is 3.53. The second kappa shape index (κ2) is 8.03. The van der Waals surface area contributed by atoms with Crippen LogP contribution in [0.3, 0.4) is 0 Å². The number of fused-ring (bicyclic) bond motifs is 1. The summed E-state index contributed by atoms with van der Waals surface area (Å²) in [6.07, 6.45) is -7.94. The zero-order valence-electron chi connectivity index (χ0n) is 16.4. The van der Waals surface area contributed by atoms with Crippen LogP contribution < -0.4 is 4.90 Å². The van der Waals surface area contributed by atoms with Crippen LogP contribution in [0.1, 0.15) is 29.2 Å². The molecule has 1 N–H and O–H groups in total. The van der Waals surface area contributed by atoms with Gasteiger partial charge in [-0.25, -0.2) is 0 Å². The van der Waals surface area contributed by atoms with Crippen LogP contribution >= 0.6 is 0 Å². The summed E-state index contributed by atoms with van der Waals surface area (Å²) in [7, 11) is 0. The molecule has 0 bridgehead atoms. The van der Waals surface area contributed by atoms with Crippen molar-refractivity contribution in [2.45, 2.75) is 37.8 Å². The Kier molecular flexibility index (Phi) is 5.92. The molecule has 0 aliphatic carbocycles. The molecule has 2 aromatic rings. The van der Waals surface area contributed by atoms with Gasteiger partial charge in [0.25, 0.3) is 5.60 Å². The summed E-state index contributed by atoms with van der Waals surface area (Å²) in [6.45, 7) is 2.36. The molecule has 1 aliphatic rings. The Hall–Kier alpha value is -2.81. The average molecular weight is 443 g/mol. The first-order valence-corrected chi connectivity index (χ1v) is 9.34. The summed E-state index contributed by atoms with van der Waals surface area (Å²) in [5.41, 5.74) is -2.90. The Morgan fingerprint density at radius 2 is 1.65 bits per heavy atom. The Bertz CT molecular complexity index is 979. The summed E-state index contributed by atoms with van der Waals surface area (Å²) in [5, 5.41) is 9.48. The van der Waals surface area contributed by atoms with Crippen LogP contribution in [0, 0.1) is 0 Å². The van der Waals surface area contributed by atoms with Crippen molar-refractivity contribution < 1.29 is 36.2 Å². The van der Waals surface area contributed by atoms with Crippen LogP contribution in [0.2, 0.25) is 0 Å². The first-order chi connectivity index (χ1) is 14.3. The van der Waals surface area contributed by atoms with Crippen LogP contribution in [-0.2, 0) is 23.4 Å². The minimum absolute atomic E-state index is 0.0754. The highest BCUT2D eigenvalue weighted by Crippen LogP contribution is 2.50. The number of hydrogen-bond donors (Lipinski definition) is 1. The summed E-state index contributed by atoms with van der Waals surface area (Å²) in [5.74, 6) is -0.0754. The third-order valence-electron chi connectivity index (χ3n) is 5.17. The molecule has 0 aromatic heterocycles. The molecule has 9 heteroatoms. The van der Waals surface area contributed by atoms with Crippen molar-refractivity contribution in [2.24, 2.45) is 0 Å². The molecule has 31 heavy (non-hydrogen) atoms. The Labute approximate surface area is 174 Å². The van der Waals surface area contributed by atoms with E-state index in [4.69, 9.17) is 0 Å². The standard InChI is InChI=1S/C22H19F6NO2/c1-14(30)2-3-15-6-9-19-17(12-15)10-11-29(19)13-16-4-7-18(8-5-16)20(31,21(23,24)25)22(26,27)28/h2-9,12,31H,10-11,13H2,1H3/b3-2+. The molecule has 0 radical (unpaired) electrons. The number of rotatable bonds is 5. The maximum atomic E-state index is 13.0. The van der Waals surface area contributed by atoms with Gasteiger partial charge in [0.1, 0.15) is 0 Å². The van der Waals surface area contributed by atoms with Gasteiger partial charge in [-0.3, -0.25) is 4.79 Å². The minimum atomic E-state index is -5.91. The van der Waals surface area contributed by atoms with E-state index in [1.807, 2.05) is 23.1 Å². The number of allylic oxidation sites excluding steroid dienone is 1. The summed E-state index contributed by atoms with van der Waals surface area (Å²) in [6, 6.07) is 9.24. The van der Waals surface area contributed by atoms with Crippen molar-refractivity contribution in [3.8, 4) is 0 Å². The lowest BCUT2D eigenvalue weighted by molar-refractivity contribution is -0.376. The molecule has 0 saturated carbocycles. The fourth-order valence-corrected chi connectivity index (χ4v) is 3.53. The number of ketones is 1. The highest BCUT2D eigenvalue weighted by Gasteiger charge is 2.71. The SMILES string of the molecule is CC(=O)/C=C/c1ccc2c(c1)CCN2Cc1ccc(C(O)(C(F)(F)F)C(F)(F)F)cc1. The fraction of sp³-hybridized carbons (Fsp3) is 0.318. The monoisotopic (exact) mass is 443 g/mol.